The summed E-state index contributed by atoms with van der Waals surface area (Å²) < 4.78 is 5.65. The van der Waals surface area contributed by atoms with E-state index >= 15 is 0 Å². The highest BCUT2D eigenvalue weighted by atomic mass is 35.5. The number of hydrogen-bond donors (Lipinski definition) is 1. The molecule has 1 aliphatic carbocycles. The Bertz CT molecular complexity index is 742. The van der Waals surface area contributed by atoms with Crippen molar-refractivity contribution in [3.63, 3.8) is 0 Å². The van der Waals surface area contributed by atoms with Gasteiger partial charge < -0.3 is 9.52 Å². The predicted octanol–water partition coefficient (Wildman–Crippen LogP) is 4.21. The molecule has 1 aromatic carbocycles. The van der Waals surface area contributed by atoms with Gasteiger partial charge in [0.2, 0.25) is 0 Å². The van der Waals surface area contributed by atoms with Crippen LogP contribution in [0.15, 0.2) is 40.8 Å². The summed E-state index contributed by atoms with van der Waals surface area (Å²) in [5.74, 6) is 0.451. The van der Waals surface area contributed by atoms with E-state index in [-0.39, 0.29) is 11.5 Å². The van der Waals surface area contributed by atoms with Gasteiger partial charge in [-0.3, -0.25) is 4.79 Å². The van der Waals surface area contributed by atoms with E-state index in [1.807, 2.05) is 0 Å². The van der Waals surface area contributed by atoms with Gasteiger partial charge in [-0.25, -0.2) is 0 Å². The Morgan fingerprint density at radius 3 is 2.60 bits per heavy atom. The molecule has 0 radical (unpaired) electrons. The molecular formula is C15H10Cl2O3. The fraction of sp³-hybridized carbons (Fsp3) is 0.133. The number of carbonyl (C=O) groups excluding carboxylic acids is 1. The van der Waals surface area contributed by atoms with E-state index in [4.69, 9.17) is 27.6 Å². The van der Waals surface area contributed by atoms with Gasteiger partial charge in [0.25, 0.3) is 0 Å². The van der Waals surface area contributed by atoms with E-state index in [9.17, 15) is 9.90 Å². The van der Waals surface area contributed by atoms with Gasteiger partial charge in [0, 0.05) is 10.6 Å². The fourth-order valence-corrected chi connectivity index (χ4v) is 2.68. The summed E-state index contributed by atoms with van der Waals surface area (Å²) in [5.41, 5.74) is -0.340. The molecule has 0 spiro atoms. The molecule has 5 heteroatoms. The second-order valence-corrected chi connectivity index (χ2v) is 5.67. The molecule has 0 amide bonds. The number of fused-ring (bicyclic) bond motifs is 1. The lowest BCUT2D eigenvalue weighted by atomic mass is 9.91. The van der Waals surface area contributed by atoms with Gasteiger partial charge in [-0.2, -0.15) is 0 Å². The Kier molecular flexibility index (Phi) is 3.01. The van der Waals surface area contributed by atoms with E-state index in [1.54, 1.807) is 31.2 Å². The second-order valence-electron chi connectivity index (χ2n) is 4.82. The van der Waals surface area contributed by atoms with Crippen molar-refractivity contribution >= 4 is 29.0 Å². The first kappa shape index (κ1) is 13.4. The summed E-state index contributed by atoms with van der Waals surface area (Å²) in [6.07, 6.45) is 2.75. The van der Waals surface area contributed by atoms with Crippen LogP contribution < -0.4 is 0 Å². The van der Waals surface area contributed by atoms with E-state index in [0.717, 1.165) is 0 Å². The van der Waals surface area contributed by atoms with Crippen LogP contribution in [0.4, 0.5) is 0 Å². The highest BCUT2D eigenvalue weighted by Gasteiger charge is 2.34. The zero-order valence-corrected chi connectivity index (χ0v) is 12.0. The molecule has 0 aliphatic heterocycles. The van der Waals surface area contributed by atoms with E-state index in [0.29, 0.717) is 26.9 Å². The Labute approximate surface area is 125 Å². The Morgan fingerprint density at radius 1 is 1.20 bits per heavy atom. The van der Waals surface area contributed by atoms with Crippen molar-refractivity contribution in [2.75, 3.05) is 0 Å². The van der Waals surface area contributed by atoms with Gasteiger partial charge in [-0.15, -0.1) is 0 Å². The summed E-state index contributed by atoms with van der Waals surface area (Å²) in [4.78, 5) is 11.8. The van der Waals surface area contributed by atoms with Crippen molar-refractivity contribution in [1.29, 1.82) is 0 Å². The molecule has 1 N–H and O–H groups in total. The van der Waals surface area contributed by atoms with Gasteiger partial charge in [0.05, 0.1) is 10.6 Å². The summed E-state index contributed by atoms with van der Waals surface area (Å²) in [5, 5.41) is 11.2. The second kappa shape index (κ2) is 4.48. The molecule has 0 bridgehead atoms. The number of aliphatic hydroxyl groups is 1. The Balaban J connectivity index is 2.17. The molecule has 20 heavy (non-hydrogen) atoms. The van der Waals surface area contributed by atoms with Gasteiger partial charge >= 0.3 is 0 Å². The minimum absolute atomic E-state index is 0.202. The molecule has 1 unspecified atom stereocenters. The third-order valence-electron chi connectivity index (χ3n) is 3.21. The van der Waals surface area contributed by atoms with Crippen LogP contribution in [0.3, 0.4) is 0 Å². The average molecular weight is 309 g/mol. The van der Waals surface area contributed by atoms with Crippen LogP contribution in [-0.2, 0) is 5.60 Å². The molecule has 0 saturated carbocycles. The molecule has 0 saturated heterocycles. The quantitative estimate of drug-likeness (QED) is 0.858. The number of ketones is 1. The summed E-state index contributed by atoms with van der Waals surface area (Å²) in [7, 11) is 0. The Morgan fingerprint density at radius 2 is 1.95 bits per heavy atom. The first-order valence-electron chi connectivity index (χ1n) is 5.94. The highest BCUT2D eigenvalue weighted by Crippen LogP contribution is 2.38. The minimum Gasteiger partial charge on any atom is -0.457 e. The largest absolute Gasteiger partial charge is 0.457 e. The molecule has 102 valence electrons. The number of furan rings is 1. The fourth-order valence-electron chi connectivity index (χ4n) is 2.18. The van der Waals surface area contributed by atoms with Crippen molar-refractivity contribution in [2.45, 2.75) is 12.5 Å². The molecule has 0 fully saturated rings. The van der Waals surface area contributed by atoms with Crippen LogP contribution in [0.1, 0.15) is 23.0 Å². The zero-order valence-electron chi connectivity index (χ0n) is 10.5. The van der Waals surface area contributed by atoms with Crippen molar-refractivity contribution < 1.29 is 14.3 Å². The molecule has 3 rings (SSSR count). The summed E-state index contributed by atoms with van der Waals surface area (Å²) >= 11 is 12.0. The van der Waals surface area contributed by atoms with Crippen molar-refractivity contribution in [2.24, 2.45) is 0 Å². The lowest BCUT2D eigenvalue weighted by molar-refractivity contribution is 0.0772. The van der Waals surface area contributed by atoms with Gasteiger partial charge in [-0.05, 0) is 43.3 Å². The van der Waals surface area contributed by atoms with Crippen LogP contribution in [0.25, 0.3) is 11.3 Å². The molecule has 1 aromatic heterocycles. The van der Waals surface area contributed by atoms with Gasteiger partial charge in [0.1, 0.15) is 11.4 Å². The lowest BCUT2D eigenvalue weighted by Gasteiger charge is -2.20. The normalized spacial score (nSPS) is 21.1. The number of hydrogen-bond acceptors (Lipinski definition) is 3. The Hall–Kier alpha value is -1.55. The maximum absolute atomic E-state index is 11.8. The first-order chi connectivity index (χ1) is 9.38. The number of rotatable bonds is 1. The molecule has 1 aliphatic rings. The van der Waals surface area contributed by atoms with Crippen molar-refractivity contribution in [3.8, 4) is 11.3 Å². The molecule has 2 aromatic rings. The van der Waals surface area contributed by atoms with E-state index in [2.05, 4.69) is 0 Å². The lowest BCUT2D eigenvalue weighted by Crippen LogP contribution is -2.23. The zero-order chi connectivity index (χ0) is 14.5. The molecule has 1 heterocycles. The van der Waals surface area contributed by atoms with Gasteiger partial charge in [0.15, 0.2) is 11.5 Å². The highest BCUT2D eigenvalue weighted by molar-refractivity contribution is 6.36. The standard InChI is InChI=1S/C15H10Cl2O3/c1-15(19)5-4-12(18)10-7-13(20-14(10)15)9-3-2-8(16)6-11(9)17/h2-7,19H,1H3. The summed E-state index contributed by atoms with van der Waals surface area (Å²) in [6.45, 7) is 1.56. The maximum Gasteiger partial charge on any atom is 0.189 e. The first-order valence-corrected chi connectivity index (χ1v) is 6.70. The van der Waals surface area contributed by atoms with Crippen LogP contribution in [0.2, 0.25) is 10.0 Å². The number of allylic oxidation sites excluding steroid dienone is 1. The molecule has 1 atom stereocenters. The molecular weight excluding hydrogens is 299 g/mol. The van der Waals surface area contributed by atoms with E-state index in [1.165, 1.54) is 12.2 Å². The third-order valence-corrected chi connectivity index (χ3v) is 3.76. The van der Waals surface area contributed by atoms with Crippen LogP contribution in [0.5, 0.6) is 0 Å². The third kappa shape index (κ3) is 2.08. The molecule has 3 nitrogen and oxygen atoms in total. The average Bonchev–Trinajstić information content (AvgIpc) is 2.81. The SMILES string of the molecule is CC1(O)C=CC(=O)c2cc(-c3ccc(Cl)cc3Cl)oc21. The summed E-state index contributed by atoms with van der Waals surface area (Å²) in [6, 6.07) is 6.58. The van der Waals surface area contributed by atoms with Crippen LogP contribution in [-0.4, -0.2) is 10.9 Å². The van der Waals surface area contributed by atoms with E-state index < -0.39 is 5.60 Å². The predicted molar refractivity (Wildman–Crippen MR) is 77.2 cm³/mol. The van der Waals surface area contributed by atoms with Crippen LogP contribution in [0, 0.1) is 0 Å². The monoisotopic (exact) mass is 308 g/mol. The smallest absolute Gasteiger partial charge is 0.189 e. The van der Waals surface area contributed by atoms with Crippen molar-refractivity contribution in [1.82, 2.24) is 0 Å². The minimum atomic E-state index is -1.31. The van der Waals surface area contributed by atoms with Gasteiger partial charge in [-0.1, -0.05) is 23.2 Å². The van der Waals surface area contributed by atoms with Crippen molar-refractivity contribution in [3.05, 3.63) is 57.8 Å². The topological polar surface area (TPSA) is 50.4 Å². The number of halogens is 2. The number of carbonyl (C=O) groups is 1. The number of benzene rings is 1. The van der Waals surface area contributed by atoms with Crippen LogP contribution >= 0.6 is 23.2 Å². The maximum atomic E-state index is 11.8.